The Labute approximate surface area is 131 Å². The highest BCUT2D eigenvalue weighted by atomic mass is 79.9. The van der Waals surface area contributed by atoms with Crippen molar-refractivity contribution in [1.82, 2.24) is 10.3 Å². The zero-order chi connectivity index (χ0) is 14.8. The molecule has 1 heterocycles. The molecule has 1 saturated carbocycles. The predicted molar refractivity (Wildman–Crippen MR) is 89.1 cm³/mol. The van der Waals surface area contributed by atoms with E-state index >= 15 is 0 Å². The molecule has 0 aliphatic heterocycles. The van der Waals surface area contributed by atoms with Crippen LogP contribution in [0.4, 0.5) is 5.82 Å². The average molecular weight is 340 g/mol. The highest BCUT2D eigenvalue weighted by molar-refractivity contribution is 9.10. The SMILES string of the molecule is CCN(CC1CC1)c1ncc(Br)cc1CNC(C)(C)C. The highest BCUT2D eigenvalue weighted by Crippen LogP contribution is 2.32. The number of hydrogen-bond acceptors (Lipinski definition) is 3. The second-order valence-electron chi connectivity index (χ2n) is 6.72. The molecule has 4 heteroatoms. The van der Waals surface area contributed by atoms with Gasteiger partial charge in [0.05, 0.1) is 0 Å². The summed E-state index contributed by atoms with van der Waals surface area (Å²) in [6.07, 6.45) is 4.66. The Morgan fingerprint density at radius 3 is 2.65 bits per heavy atom. The molecule has 0 atom stereocenters. The summed E-state index contributed by atoms with van der Waals surface area (Å²) < 4.78 is 1.05. The van der Waals surface area contributed by atoms with Gasteiger partial charge in [-0.1, -0.05) is 0 Å². The monoisotopic (exact) mass is 339 g/mol. The number of rotatable bonds is 6. The topological polar surface area (TPSA) is 28.2 Å². The number of hydrogen-bond donors (Lipinski definition) is 1. The van der Waals surface area contributed by atoms with Gasteiger partial charge in [-0.15, -0.1) is 0 Å². The van der Waals surface area contributed by atoms with E-state index in [1.807, 2.05) is 6.20 Å². The van der Waals surface area contributed by atoms with Crippen LogP contribution in [0.3, 0.4) is 0 Å². The van der Waals surface area contributed by atoms with Crippen LogP contribution in [0.2, 0.25) is 0 Å². The zero-order valence-corrected chi connectivity index (χ0v) is 14.6. The van der Waals surface area contributed by atoms with Gasteiger partial charge in [-0.05, 0) is 68.5 Å². The molecule has 0 spiro atoms. The Kier molecular flexibility index (Phi) is 5.08. The fourth-order valence-electron chi connectivity index (χ4n) is 2.23. The van der Waals surface area contributed by atoms with Gasteiger partial charge < -0.3 is 10.2 Å². The number of halogens is 1. The van der Waals surface area contributed by atoms with E-state index in [9.17, 15) is 0 Å². The lowest BCUT2D eigenvalue weighted by atomic mass is 10.1. The van der Waals surface area contributed by atoms with Crippen LogP contribution in [0.5, 0.6) is 0 Å². The van der Waals surface area contributed by atoms with Gasteiger partial charge in [0.25, 0.3) is 0 Å². The fraction of sp³-hybridized carbons (Fsp3) is 0.688. The van der Waals surface area contributed by atoms with Gasteiger partial charge in [-0.3, -0.25) is 0 Å². The van der Waals surface area contributed by atoms with Crippen LogP contribution in [0.15, 0.2) is 16.7 Å². The molecule has 1 aromatic heterocycles. The largest absolute Gasteiger partial charge is 0.356 e. The van der Waals surface area contributed by atoms with Crippen LogP contribution >= 0.6 is 15.9 Å². The first-order valence-electron chi connectivity index (χ1n) is 7.53. The Bertz CT molecular complexity index is 450. The predicted octanol–water partition coefficient (Wildman–Crippen LogP) is 3.97. The van der Waals surface area contributed by atoms with Gasteiger partial charge in [0, 0.05) is 41.4 Å². The summed E-state index contributed by atoms with van der Waals surface area (Å²) in [5.74, 6) is 2.02. The minimum atomic E-state index is 0.118. The van der Waals surface area contributed by atoms with Gasteiger partial charge in [0.15, 0.2) is 0 Å². The van der Waals surface area contributed by atoms with E-state index in [-0.39, 0.29) is 5.54 Å². The van der Waals surface area contributed by atoms with Gasteiger partial charge in [0.1, 0.15) is 5.82 Å². The number of nitrogens with one attached hydrogen (secondary N) is 1. The van der Waals surface area contributed by atoms with Crippen molar-refractivity contribution in [2.45, 2.75) is 52.6 Å². The molecule has 112 valence electrons. The maximum atomic E-state index is 4.67. The minimum Gasteiger partial charge on any atom is -0.356 e. The first kappa shape index (κ1) is 15.8. The van der Waals surface area contributed by atoms with Crippen molar-refractivity contribution in [3.8, 4) is 0 Å². The van der Waals surface area contributed by atoms with E-state index in [1.165, 1.54) is 18.4 Å². The van der Waals surface area contributed by atoms with Crippen molar-refractivity contribution in [1.29, 1.82) is 0 Å². The lowest BCUT2D eigenvalue weighted by molar-refractivity contribution is 0.424. The fourth-order valence-corrected chi connectivity index (χ4v) is 2.61. The van der Waals surface area contributed by atoms with E-state index in [0.717, 1.165) is 35.8 Å². The number of anilines is 1. The van der Waals surface area contributed by atoms with E-state index in [1.54, 1.807) is 0 Å². The van der Waals surface area contributed by atoms with E-state index in [0.29, 0.717) is 0 Å². The minimum absolute atomic E-state index is 0.118. The first-order valence-corrected chi connectivity index (χ1v) is 8.32. The number of aromatic nitrogens is 1. The lowest BCUT2D eigenvalue weighted by Gasteiger charge is -2.27. The standard InChI is InChI=1S/C16H26BrN3/c1-5-20(11-12-6-7-12)15-13(8-14(17)10-18-15)9-19-16(2,3)4/h8,10,12,19H,5-7,9,11H2,1-4H3. The molecule has 0 bridgehead atoms. The molecule has 0 amide bonds. The number of nitrogens with zero attached hydrogens (tertiary/aromatic N) is 2. The molecule has 0 unspecified atom stereocenters. The number of pyridine rings is 1. The third-order valence-corrected chi connectivity index (χ3v) is 4.01. The molecule has 3 nitrogen and oxygen atoms in total. The molecule has 20 heavy (non-hydrogen) atoms. The molecule has 0 radical (unpaired) electrons. The van der Waals surface area contributed by atoms with Crippen molar-refractivity contribution in [2.75, 3.05) is 18.0 Å². The smallest absolute Gasteiger partial charge is 0.133 e. The molecule has 0 saturated heterocycles. The zero-order valence-electron chi connectivity index (χ0n) is 13.0. The van der Waals surface area contributed by atoms with Crippen LogP contribution in [0.25, 0.3) is 0 Å². The second kappa shape index (κ2) is 6.44. The molecule has 1 fully saturated rings. The Hall–Kier alpha value is -0.610. The molecular formula is C16H26BrN3. The van der Waals surface area contributed by atoms with E-state index in [4.69, 9.17) is 0 Å². The summed E-state index contributed by atoms with van der Waals surface area (Å²) in [5, 5.41) is 3.57. The normalized spacial score (nSPS) is 15.4. The summed E-state index contributed by atoms with van der Waals surface area (Å²) in [6.45, 7) is 11.8. The molecule has 1 N–H and O–H groups in total. The summed E-state index contributed by atoms with van der Waals surface area (Å²) in [4.78, 5) is 7.09. The van der Waals surface area contributed by atoms with Crippen LogP contribution in [0.1, 0.15) is 46.1 Å². The summed E-state index contributed by atoms with van der Waals surface area (Å²) in [6, 6.07) is 2.19. The van der Waals surface area contributed by atoms with Crippen molar-refractivity contribution < 1.29 is 0 Å². The lowest BCUT2D eigenvalue weighted by Crippen LogP contribution is -2.36. The van der Waals surface area contributed by atoms with Gasteiger partial charge in [0.2, 0.25) is 0 Å². The molecule has 1 aliphatic carbocycles. The van der Waals surface area contributed by atoms with Crippen LogP contribution in [0, 0.1) is 5.92 Å². The van der Waals surface area contributed by atoms with E-state index in [2.05, 4.69) is 64.9 Å². The third-order valence-electron chi connectivity index (χ3n) is 3.58. The third kappa shape index (κ3) is 4.74. The van der Waals surface area contributed by atoms with Crippen molar-refractivity contribution in [2.24, 2.45) is 5.92 Å². The van der Waals surface area contributed by atoms with Crippen molar-refractivity contribution >= 4 is 21.7 Å². The molecule has 2 rings (SSSR count). The van der Waals surface area contributed by atoms with Crippen LogP contribution < -0.4 is 10.2 Å². The Morgan fingerprint density at radius 2 is 2.10 bits per heavy atom. The molecular weight excluding hydrogens is 314 g/mol. The van der Waals surface area contributed by atoms with Gasteiger partial charge in [-0.2, -0.15) is 0 Å². The van der Waals surface area contributed by atoms with Crippen molar-refractivity contribution in [3.05, 3.63) is 22.3 Å². The molecule has 0 aromatic carbocycles. The van der Waals surface area contributed by atoms with Crippen LogP contribution in [-0.4, -0.2) is 23.6 Å². The first-order chi connectivity index (χ1) is 9.39. The summed E-state index contributed by atoms with van der Waals surface area (Å²) in [5.41, 5.74) is 1.39. The maximum absolute atomic E-state index is 4.67. The van der Waals surface area contributed by atoms with Gasteiger partial charge >= 0.3 is 0 Å². The van der Waals surface area contributed by atoms with Gasteiger partial charge in [-0.25, -0.2) is 4.98 Å². The van der Waals surface area contributed by atoms with Crippen LogP contribution in [-0.2, 0) is 6.54 Å². The second-order valence-corrected chi connectivity index (χ2v) is 7.64. The van der Waals surface area contributed by atoms with Crippen molar-refractivity contribution in [3.63, 3.8) is 0 Å². The summed E-state index contributed by atoms with van der Waals surface area (Å²) >= 11 is 3.54. The quantitative estimate of drug-likeness (QED) is 0.849. The molecule has 1 aliphatic rings. The summed E-state index contributed by atoms with van der Waals surface area (Å²) in [7, 11) is 0. The average Bonchev–Trinajstić information content (AvgIpc) is 3.17. The van der Waals surface area contributed by atoms with E-state index < -0.39 is 0 Å². The maximum Gasteiger partial charge on any atom is 0.133 e. The Balaban J connectivity index is 2.16. The Morgan fingerprint density at radius 1 is 1.40 bits per heavy atom. The highest BCUT2D eigenvalue weighted by Gasteiger charge is 2.25. The molecule has 1 aromatic rings.